The van der Waals surface area contributed by atoms with Crippen LogP contribution in [0.2, 0.25) is 0 Å². The number of rotatable bonds is 5. The normalized spacial score (nSPS) is 11.9. The molecule has 3 nitrogen and oxygen atoms in total. The van der Waals surface area contributed by atoms with Gasteiger partial charge < -0.3 is 10.1 Å². The molecule has 0 aliphatic heterocycles. The lowest BCUT2D eigenvalue weighted by Crippen LogP contribution is -2.29. The van der Waals surface area contributed by atoms with E-state index < -0.39 is 0 Å². The third-order valence-corrected chi connectivity index (χ3v) is 3.35. The number of benzene rings is 1. The summed E-state index contributed by atoms with van der Waals surface area (Å²) in [6.07, 6.45) is 1.23. The summed E-state index contributed by atoms with van der Waals surface area (Å²) in [7, 11) is 0. The van der Waals surface area contributed by atoms with Crippen molar-refractivity contribution in [1.29, 1.82) is 0 Å². The molecule has 94 valence electrons. The fraction of sp³-hybridized carbons (Fsp3) is 0.462. The molecule has 0 aliphatic rings. The number of amides is 1. The zero-order chi connectivity index (χ0) is 12.7. The predicted molar refractivity (Wildman–Crippen MR) is 77.1 cm³/mol. The van der Waals surface area contributed by atoms with E-state index in [-0.39, 0.29) is 12.2 Å². The van der Waals surface area contributed by atoms with E-state index in [2.05, 4.69) is 40.0 Å². The standard InChI is InChI=1S/C13H18INO2/c1-3-8-15-13(16)17-10(2)9-11-6-4-5-7-12(11)14/h4-7,10H,3,8-9H2,1-2H3,(H,15,16)/t10-/m0/s1. The van der Waals surface area contributed by atoms with Crippen LogP contribution in [0.25, 0.3) is 0 Å². The molecule has 0 spiro atoms. The number of carbonyl (C=O) groups is 1. The fourth-order valence-electron chi connectivity index (χ4n) is 1.47. The highest BCUT2D eigenvalue weighted by atomic mass is 127. The SMILES string of the molecule is CCCNC(=O)O[C@@H](C)Cc1ccccc1I. The molecule has 4 heteroatoms. The minimum atomic E-state index is -0.328. The molecule has 1 amide bonds. The van der Waals surface area contributed by atoms with Crippen LogP contribution in [0.3, 0.4) is 0 Å². The van der Waals surface area contributed by atoms with E-state index in [0.29, 0.717) is 6.54 Å². The van der Waals surface area contributed by atoms with Crippen LogP contribution in [-0.2, 0) is 11.2 Å². The number of nitrogens with one attached hydrogen (secondary N) is 1. The molecule has 0 fully saturated rings. The van der Waals surface area contributed by atoms with Gasteiger partial charge in [-0.3, -0.25) is 0 Å². The lowest BCUT2D eigenvalue weighted by atomic mass is 10.1. The Balaban J connectivity index is 2.42. The highest BCUT2D eigenvalue weighted by molar-refractivity contribution is 14.1. The van der Waals surface area contributed by atoms with E-state index in [1.807, 2.05) is 26.0 Å². The van der Waals surface area contributed by atoms with E-state index in [4.69, 9.17) is 4.74 Å². The van der Waals surface area contributed by atoms with Crippen LogP contribution < -0.4 is 5.32 Å². The molecular formula is C13H18INO2. The van der Waals surface area contributed by atoms with Gasteiger partial charge in [-0.05, 0) is 47.6 Å². The van der Waals surface area contributed by atoms with Gasteiger partial charge in [0.15, 0.2) is 0 Å². The van der Waals surface area contributed by atoms with Crippen molar-refractivity contribution in [2.75, 3.05) is 6.54 Å². The fourth-order valence-corrected chi connectivity index (χ4v) is 2.07. The third kappa shape index (κ3) is 5.39. The zero-order valence-corrected chi connectivity index (χ0v) is 12.4. The summed E-state index contributed by atoms with van der Waals surface area (Å²) < 4.78 is 6.46. The Bertz CT molecular complexity index is 368. The molecule has 0 radical (unpaired) electrons. The van der Waals surface area contributed by atoms with Crippen LogP contribution in [-0.4, -0.2) is 18.7 Å². The van der Waals surface area contributed by atoms with Crippen LogP contribution in [0.1, 0.15) is 25.8 Å². The summed E-state index contributed by atoms with van der Waals surface area (Å²) in [6, 6.07) is 8.12. The topological polar surface area (TPSA) is 38.3 Å². The smallest absolute Gasteiger partial charge is 0.407 e. The van der Waals surface area contributed by atoms with Crippen molar-refractivity contribution in [2.45, 2.75) is 32.8 Å². The third-order valence-electron chi connectivity index (χ3n) is 2.29. The van der Waals surface area contributed by atoms with Crippen molar-refractivity contribution in [1.82, 2.24) is 5.32 Å². The van der Waals surface area contributed by atoms with Crippen molar-refractivity contribution in [3.05, 3.63) is 33.4 Å². The average Bonchev–Trinajstić information content (AvgIpc) is 2.29. The summed E-state index contributed by atoms with van der Waals surface area (Å²) in [5.74, 6) is 0. The Hall–Kier alpha value is -0.780. The Morgan fingerprint density at radius 3 is 2.82 bits per heavy atom. The number of hydrogen-bond acceptors (Lipinski definition) is 2. The molecular weight excluding hydrogens is 329 g/mol. The summed E-state index contributed by atoms with van der Waals surface area (Å²) >= 11 is 2.29. The minimum absolute atomic E-state index is 0.109. The maximum atomic E-state index is 11.4. The quantitative estimate of drug-likeness (QED) is 0.830. The minimum Gasteiger partial charge on any atom is -0.446 e. The van der Waals surface area contributed by atoms with Crippen molar-refractivity contribution in [3.8, 4) is 0 Å². The monoisotopic (exact) mass is 347 g/mol. The first-order chi connectivity index (χ1) is 8.13. The Morgan fingerprint density at radius 2 is 2.18 bits per heavy atom. The lowest BCUT2D eigenvalue weighted by Gasteiger charge is -2.14. The lowest BCUT2D eigenvalue weighted by molar-refractivity contribution is 0.107. The number of alkyl carbamates (subject to hydrolysis) is 1. The van der Waals surface area contributed by atoms with Gasteiger partial charge >= 0.3 is 6.09 Å². The number of ether oxygens (including phenoxy) is 1. The predicted octanol–water partition coefficient (Wildman–Crippen LogP) is 3.36. The maximum Gasteiger partial charge on any atom is 0.407 e. The Morgan fingerprint density at radius 1 is 1.47 bits per heavy atom. The highest BCUT2D eigenvalue weighted by Crippen LogP contribution is 2.14. The first kappa shape index (κ1) is 14.3. The van der Waals surface area contributed by atoms with Gasteiger partial charge in [0.25, 0.3) is 0 Å². The van der Waals surface area contributed by atoms with E-state index >= 15 is 0 Å². The molecule has 17 heavy (non-hydrogen) atoms. The zero-order valence-electron chi connectivity index (χ0n) is 10.2. The molecule has 0 unspecified atom stereocenters. The van der Waals surface area contributed by atoms with Gasteiger partial charge in [0.05, 0.1) is 0 Å². The molecule has 0 heterocycles. The summed E-state index contributed by atoms with van der Waals surface area (Å²) in [5.41, 5.74) is 1.21. The number of halogens is 1. The summed E-state index contributed by atoms with van der Waals surface area (Å²) in [6.45, 7) is 4.58. The van der Waals surface area contributed by atoms with E-state index in [0.717, 1.165) is 12.8 Å². The van der Waals surface area contributed by atoms with Crippen LogP contribution in [0, 0.1) is 3.57 Å². The highest BCUT2D eigenvalue weighted by Gasteiger charge is 2.10. The van der Waals surface area contributed by atoms with Crippen LogP contribution in [0.5, 0.6) is 0 Å². The van der Waals surface area contributed by atoms with Gasteiger partial charge in [-0.25, -0.2) is 4.79 Å². The van der Waals surface area contributed by atoms with Crippen molar-refractivity contribution in [2.24, 2.45) is 0 Å². The van der Waals surface area contributed by atoms with E-state index in [1.165, 1.54) is 9.13 Å². The summed E-state index contributed by atoms with van der Waals surface area (Å²) in [4.78, 5) is 11.4. The molecule has 1 rings (SSSR count). The van der Waals surface area contributed by atoms with Crippen molar-refractivity contribution in [3.63, 3.8) is 0 Å². The van der Waals surface area contributed by atoms with E-state index in [1.54, 1.807) is 0 Å². The Labute approximate surface area is 116 Å². The van der Waals surface area contributed by atoms with Crippen molar-refractivity contribution >= 4 is 28.7 Å². The largest absolute Gasteiger partial charge is 0.446 e. The molecule has 1 aromatic carbocycles. The molecule has 0 aliphatic carbocycles. The van der Waals surface area contributed by atoms with Gasteiger partial charge in [0, 0.05) is 16.5 Å². The molecule has 0 saturated heterocycles. The van der Waals surface area contributed by atoms with Crippen LogP contribution in [0.15, 0.2) is 24.3 Å². The molecule has 0 aromatic heterocycles. The van der Waals surface area contributed by atoms with Crippen molar-refractivity contribution < 1.29 is 9.53 Å². The first-order valence-electron chi connectivity index (χ1n) is 5.81. The van der Waals surface area contributed by atoms with Gasteiger partial charge in [0.1, 0.15) is 6.10 Å². The van der Waals surface area contributed by atoms with Crippen LogP contribution in [0.4, 0.5) is 4.79 Å². The molecule has 1 atom stereocenters. The number of carbonyl (C=O) groups excluding carboxylic acids is 1. The molecule has 0 bridgehead atoms. The average molecular weight is 347 g/mol. The van der Waals surface area contributed by atoms with Gasteiger partial charge in [0.2, 0.25) is 0 Å². The molecule has 0 saturated carbocycles. The second kappa shape index (κ2) is 7.53. The van der Waals surface area contributed by atoms with Gasteiger partial charge in [-0.2, -0.15) is 0 Å². The van der Waals surface area contributed by atoms with Crippen LogP contribution >= 0.6 is 22.6 Å². The summed E-state index contributed by atoms with van der Waals surface area (Å²) in [5, 5.41) is 2.70. The van der Waals surface area contributed by atoms with E-state index in [9.17, 15) is 4.79 Å². The maximum absolute atomic E-state index is 11.4. The second-order valence-electron chi connectivity index (χ2n) is 3.94. The van der Waals surface area contributed by atoms with Gasteiger partial charge in [-0.1, -0.05) is 25.1 Å². The Kier molecular flexibility index (Phi) is 6.32. The molecule has 1 aromatic rings. The van der Waals surface area contributed by atoms with Gasteiger partial charge in [-0.15, -0.1) is 0 Å². The molecule has 1 N–H and O–H groups in total. The second-order valence-corrected chi connectivity index (χ2v) is 5.10. The first-order valence-corrected chi connectivity index (χ1v) is 6.89. The number of hydrogen-bond donors (Lipinski definition) is 1.